The number of nitrogens with zero attached hydrogens (tertiary/aromatic N) is 1. The van der Waals surface area contributed by atoms with Crippen molar-refractivity contribution < 1.29 is 9.53 Å². The lowest BCUT2D eigenvalue weighted by Crippen LogP contribution is -2.14. The zero-order valence-electron chi connectivity index (χ0n) is 11.2. The van der Waals surface area contributed by atoms with Gasteiger partial charge in [-0.25, -0.2) is 4.79 Å². The van der Waals surface area contributed by atoms with E-state index in [4.69, 9.17) is 15.4 Å². The molecule has 104 valence electrons. The van der Waals surface area contributed by atoms with Crippen molar-refractivity contribution in [3.05, 3.63) is 65.2 Å². The lowest BCUT2D eigenvalue weighted by molar-refractivity contribution is 0.155. The van der Waals surface area contributed by atoms with Gasteiger partial charge in [0.15, 0.2) is 0 Å². The molecule has 0 aliphatic rings. The van der Waals surface area contributed by atoms with Crippen LogP contribution in [0.2, 0.25) is 0 Å². The molecule has 0 aromatic heterocycles. The predicted molar refractivity (Wildman–Crippen MR) is 79.3 cm³/mol. The molecule has 5 heteroatoms. The van der Waals surface area contributed by atoms with Crippen LogP contribution < -0.4 is 5.32 Å². The Morgan fingerprint density at radius 1 is 1.29 bits per heavy atom. The molecule has 0 unspecified atom stereocenters. The van der Waals surface area contributed by atoms with Crippen LogP contribution in [0.4, 0.5) is 10.5 Å². The summed E-state index contributed by atoms with van der Waals surface area (Å²) >= 11 is 0. The number of carbonyl (C=O) groups excluding carboxylic acids is 1. The SMILES string of the molecule is N#Cc1ccc(C=N)c(NC(=O)OCc2ccccc2)c1. The van der Waals surface area contributed by atoms with Crippen molar-refractivity contribution in [2.75, 3.05) is 5.32 Å². The van der Waals surface area contributed by atoms with Crippen LogP contribution in [0.25, 0.3) is 0 Å². The molecule has 0 spiro atoms. The summed E-state index contributed by atoms with van der Waals surface area (Å²) in [5.74, 6) is 0. The molecule has 5 nitrogen and oxygen atoms in total. The van der Waals surface area contributed by atoms with Crippen LogP contribution in [0.3, 0.4) is 0 Å². The number of hydrogen-bond acceptors (Lipinski definition) is 4. The highest BCUT2D eigenvalue weighted by Gasteiger charge is 2.08. The Morgan fingerprint density at radius 2 is 2.05 bits per heavy atom. The molecule has 0 aliphatic carbocycles. The van der Waals surface area contributed by atoms with E-state index in [9.17, 15) is 4.79 Å². The summed E-state index contributed by atoms with van der Waals surface area (Å²) < 4.78 is 5.10. The number of benzene rings is 2. The molecule has 0 saturated carbocycles. The average molecular weight is 279 g/mol. The summed E-state index contributed by atoms with van der Waals surface area (Å²) in [6, 6.07) is 16.0. The Balaban J connectivity index is 2.02. The third-order valence-electron chi connectivity index (χ3n) is 2.79. The van der Waals surface area contributed by atoms with Gasteiger partial charge in [0.2, 0.25) is 0 Å². The van der Waals surface area contributed by atoms with E-state index in [1.54, 1.807) is 12.1 Å². The number of ether oxygens (including phenoxy) is 1. The van der Waals surface area contributed by atoms with Crippen LogP contribution in [0.5, 0.6) is 0 Å². The van der Waals surface area contributed by atoms with Crippen LogP contribution in [0.15, 0.2) is 48.5 Å². The molecule has 2 rings (SSSR count). The Bertz CT molecular complexity index is 690. The van der Waals surface area contributed by atoms with Gasteiger partial charge in [-0.3, -0.25) is 5.32 Å². The fourth-order valence-electron chi connectivity index (χ4n) is 1.73. The largest absolute Gasteiger partial charge is 0.444 e. The van der Waals surface area contributed by atoms with Crippen LogP contribution in [0.1, 0.15) is 16.7 Å². The van der Waals surface area contributed by atoms with Crippen molar-refractivity contribution in [1.29, 1.82) is 10.7 Å². The van der Waals surface area contributed by atoms with Gasteiger partial charge in [-0.15, -0.1) is 0 Å². The van der Waals surface area contributed by atoms with Crippen LogP contribution in [0, 0.1) is 16.7 Å². The third kappa shape index (κ3) is 3.91. The Morgan fingerprint density at radius 3 is 2.71 bits per heavy atom. The summed E-state index contributed by atoms with van der Waals surface area (Å²) in [7, 11) is 0. The third-order valence-corrected chi connectivity index (χ3v) is 2.79. The van der Waals surface area contributed by atoms with Crippen LogP contribution in [-0.2, 0) is 11.3 Å². The second-order valence-electron chi connectivity index (χ2n) is 4.24. The smallest absolute Gasteiger partial charge is 0.411 e. The Labute approximate surface area is 122 Å². The van der Waals surface area contributed by atoms with Gasteiger partial charge in [-0.1, -0.05) is 36.4 Å². The molecule has 2 N–H and O–H groups in total. The highest BCUT2D eigenvalue weighted by Crippen LogP contribution is 2.16. The molecular formula is C16H13N3O2. The zero-order valence-corrected chi connectivity index (χ0v) is 11.2. The first kappa shape index (κ1) is 14.3. The maximum Gasteiger partial charge on any atom is 0.411 e. The molecule has 0 heterocycles. The number of hydrogen-bond donors (Lipinski definition) is 2. The summed E-state index contributed by atoms with van der Waals surface area (Å²) in [5, 5.41) is 18.7. The lowest BCUT2D eigenvalue weighted by Gasteiger charge is -2.09. The van der Waals surface area contributed by atoms with Crippen molar-refractivity contribution in [1.82, 2.24) is 0 Å². The van der Waals surface area contributed by atoms with Crippen molar-refractivity contribution in [2.24, 2.45) is 0 Å². The molecule has 0 atom stereocenters. The number of anilines is 1. The first-order valence-corrected chi connectivity index (χ1v) is 6.25. The van der Waals surface area contributed by atoms with Crippen LogP contribution in [-0.4, -0.2) is 12.3 Å². The maximum atomic E-state index is 11.8. The van der Waals surface area contributed by atoms with E-state index < -0.39 is 6.09 Å². The molecule has 0 bridgehead atoms. The second kappa shape index (κ2) is 6.87. The molecule has 21 heavy (non-hydrogen) atoms. The number of nitriles is 1. The summed E-state index contributed by atoms with van der Waals surface area (Å²) in [6.45, 7) is 0.157. The van der Waals surface area contributed by atoms with Crippen molar-refractivity contribution in [3.8, 4) is 6.07 Å². The van der Waals surface area contributed by atoms with Gasteiger partial charge in [-0.2, -0.15) is 5.26 Å². The van der Waals surface area contributed by atoms with Crippen LogP contribution >= 0.6 is 0 Å². The van der Waals surface area contributed by atoms with Gasteiger partial charge in [0.25, 0.3) is 0 Å². The van der Waals surface area contributed by atoms with Gasteiger partial charge >= 0.3 is 6.09 Å². The molecule has 0 saturated heterocycles. The van der Waals surface area contributed by atoms with Gasteiger partial charge in [0.05, 0.1) is 17.3 Å². The fraction of sp³-hybridized carbons (Fsp3) is 0.0625. The molecule has 0 radical (unpaired) electrons. The summed E-state index contributed by atoms with van der Waals surface area (Å²) in [5.41, 5.74) is 2.16. The fourth-order valence-corrected chi connectivity index (χ4v) is 1.73. The summed E-state index contributed by atoms with van der Waals surface area (Å²) in [4.78, 5) is 11.8. The monoisotopic (exact) mass is 279 g/mol. The highest BCUT2D eigenvalue weighted by molar-refractivity contribution is 5.94. The minimum absolute atomic E-state index is 0.157. The topological polar surface area (TPSA) is 86.0 Å². The minimum Gasteiger partial charge on any atom is -0.444 e. The van der Waals surface area contributed by atoms with E-state index in [1.165, 1.54) is 6.07 Å². The van der Waals surface area contributed by atoms with E-state index in [2.05, 4.69) is 5.32 Å². The van der Waals surface area contributed by atoms with E-state index in [0.717, 1.165) is 11.8 Å². The number of carbonyl (C=O) groups is 1. The predicted octanol–water partition coefficient (Wildman–Crippen LogP) is 3.30. The van der Waals surface area contributed by atoms with Gasteiger partial charge in [0.1, 0.15) is 6.61 Å². The van der Waals surface area contributed by atoms with Crippen molar-refractivity contribution in [3.63, 3.8) is 0 Å². The average Bonchev–Trinajstić information content (AvgIpc) is 2.54. The number of amides is 1. The first-order chi connectivity index (χ1) is 10.2. The number of rotatable bonds is 4. The van der Waals surface area contributed by atoms with Crippen molar-refractivity contribution in [2.45, 2.75) is 6.61 Å². The second-order valence-corrected chi connectivity index (χ2v) is 4.24. The Hall–Kier alpha value is -3.13. The van der Waals surface area contributed by atoms with Crippen molar-refractivity contribution >= 4 is 18.0 Å². The van der Waals surface area contributed by atoms with Gasteiger partial charge < -0.3 is 10.1 Å². The zero-order chi connectivity index (χ0) is 15.1. The molecule has 0 aliphatic heterocycles. The first-order valence-electron chi connectivity index (χ1n) is 6.25. The lowest BCUT2D eigenvalue weighted by atomic mass is 10.1. The molecule has 2 aromatic carbocycles. The van der Waals surface area contributed by atoms with E-state index in [0.29, 0.717) is 16.8 Å². The molecular weight excluding hydrogens is 266 g/mol. The van der Waals surface area contributed by atoms with Gasteiger partial charge in [-0.05, 0) is 17.7 Å². The molecule has 0 fully saturated rings. The normalized spacial score (nSPS) is 9.48. The standard InChI is InChI=1S/C16H13N3O2/c17-9-13-6-7-14(10-18)15(8-13)19-16(20)21-11-12-4-2-1-3-5-12/h1-8,10,18H,11H2,(H,19,20). The van der Waals surface area contributed by atoms with E-state index in [-0.39, 0.29) is 6.61 Å². The molecule has 1 amide bonds. The minimum atomic E-state index is -0.628. The summed E-state index contributed by atoms with van der Waals surface area (Å²) in [6.07, 6.45) is 0.477. The molecule has 2 aromatic rings. The Kier molecular flexibility index (Phi) is 4.67. The quantitative estimate of drug-likeness (QED) is 0.842. The van der Waals surface area contributed by atoms with Gasteiger partial charge in [0, 0.05) is 11.8 Å². The highest BCUT2D eigenvalue weighted by atomic mass is 16.5. The van der Waals surface area contributed by atoms with E-state index in [1.807, 2.05) is 36.4 Å². The number of nitrogens with one attached hydrogen (secondary N) is 2. The van der Waals surface area contributed by atoms with E-state index >= 15 is 0 Å². The maximum absolute atomic E-state index is 11.8.